The maximum atomic E-state index is 11.3. The Morgan fingerprint density at radius 2 is 1.73 bits per heavy atom. The Hall–Kier alpha value is -0.400. The fourth-order valence-electron chi connectivity index (χ4n) is 0.966. The molecule has 0 spiro atoms. The minimum absolute atomic E-state index is 0.156. The molecule has 0 aromatic rings. The van der Waals surface area contributed by atoms with Crippen molar-refractivity contribution in [3.05, 3.63) is 12.7 Å². The molecule has 5 nitrogen and oxygen atoms in total. The van der Waals surface area contributed by atoms with Gasteiger partial charge in [0.1, 0.15) is 0 Å². The molecule has 7 heteroatoms. The number of nitrogens with one attached hydrogen (secondary N) is 1. The molecule has 0 atom stereocenters. The molecule has 15 heavy (non-hydrogen) atoms. The Balaban J connectivity index is 4.32. The van der Waals surface area contributed by atoms with Crippen molar-refractivity contribution in [3.63, 3.8) is 0 Å². The van der Waals surface area contributed by atoms with Crippen molar-refractivity contribution in [1.29, 1.82) is 0 Å². The van der Waals surface area contributed by atoms with Gasteiger partial charge >= 0.3 is 0 Å². The molecule has 0 saturated heterocycles. The number of sulfonamides is 2. The van der Waals surface area contributed by atoms with Gasteiger partial charge in [-0.2, -0.15) is 0 Å². The number of unbranched alkanes of at least 4 members (excludes halogenated alkanes) is 2. The summed E-state index contributed by atoms with van der Waals surface area (Å²) in [5.74, 6) is -0.544. The van der Waals surface area contributed by atoms with Crippen LogP contribution < -0.4 is 4.13 Å². The molecule has 0 aromatic carbocycles. The first-order chi connectivity index (χ1) is 6.83. The predicted octanol–water partition coefficient (Wildman–Crippen LogP) is 0.612. The lowest BCUT2D eigenvalue weighted by molar-refractivity contribution is 0.575. The molecule has 1 N–H and O–H groups in total. The molecule has 0 aliphatic heterocycles. The Kier molecular flexibility index (Phi) is 6.07. The first-order valence-electron chi connectivity index (χ1n) is 4.68. The highest BCUT2D eigenvalue weighted by atomic mass is 32.3. The number of hydrogen-bond donors (Lipinski definition) is 1. The molecule has 0 saturated carbocycles. The zero-order valence-electron chi connectivity index (χ0n) is 8.77. The van der Waals surface area contributed by atoms with Gasteiger partial charge in [0.05, 0.1) is 11.5 Å². The van der Waals surface area contributed by atoms with Crippen LogP contribution in [0.3, 0.4) is 0 Å². The maximum Gasteiger partial charge on any atom is 0.228 e. The van der Waals surface area contributed by atoms with Gasteiger partial charge in [0.2, 0.25) is 20.0 Å². The molecule has 0 fully saturated rings. The zero-order chi connectivity index (χ0) is 11.9. The Morgan fingerprint density at radius 3 is 2.20 bits per heavy atom. The predicted molar refractivity (Wildman–Crippen MR) is 60.4 cm³/mol. The number of rotatable bonds is 8. The van der Waals surface area contributed by atoms with Gasteiger partial charge in [-0.05, 0) is 6.42 Å². The smallest absolute Gasteiger partial charge is 0.211 e. The van der Waals surface area contributed by atoms with Crippen LogP contribution in [-0.2, 0) is 20.0 Å². The van der Waals surface area contributed by atoms with Gasteiger partial charge in [-0.3, -0.25) is 0 Å². The van der Waals surface area contributed by atoms with Crippen molar-refractivity contribution >= 4 is 20.0 Å². The van der Waals surface area contributed by atoms with Gasteiger partial charge in [-0.1, -0.05) is 25.8 Å². The quantitative estimate of drug-likeness (QED) is 0.509. The average Bonchev–Trinajstić information content (AvgIpc) is 2.01. The first kappa shape index (κ1) is 14.6. The molecule has 0 aromatic heterocycles. The van der Waals surface area contributed by atoms with Gasteiger partial charge in [-0.15, -0.1) is 10.7 Å². The lowest BCUT2D eigenvalue weighted by atomic mass is 10.3. The third-order valence-corrected chi connectivity index (χ3v) is 5.14. The van der Waals surface area contributed by atoms with Crippen LogP contribution in [0, 0.1) is 0 Å². The summed E-state index contributed by atoms with van der Waals surface area (Å²) in [6, 6.07) is 0. The lowest BCUT2D eigenvalue weighted by Gasteiger charge is -2.05. The van der Waals surface area contributed by atoms with E-state index >= 15 is 0 Å². The van der Waals surface area contributed by atoms with E-state index in [4.69, 9.17) is 0 Å². The van der Waals surface area contributed by atoms with Gasteiger partial charge in [0.25, 0.3) is 0 Å². The molecule has 0 rings (SSSR count). The second-order valence-electron chi connectivity index (χ2n) is 3.18. The summed E-state index contributed by atoms with van der Waals surface area (Å²) < 4.78 is 46.4. The monoisotopic (exact) mass is 255 g/mol. The summed E-state index contributed by atoms with van der Waals surface area (Å²) in [7, 11) is -7.50. The van der Waals surface area contributed by atoms with Crippen LogP contribution in [0.1, 0.15) is 26.2 Å². The maximum absolute atomic E-state index is 11.3. The van der Waals surface area contributed by atoms with Crippen LogP contribution >= 0.6 is 0 Å². The molecule has 0 aliphatic rings. The van der Waals surface area contributed by atoms with Crippen molar-refractivity contribution in [2.45, 2.75) is 26.2 Å². The van der Waals surface area contributed by atoms with Crippen molar-refractivity contribution in [2.75, 3.05) is 11.5 Å². The molecule has 0 unspecified atom stereocenters. The fraction of sp³-hybridized carbons (Fsp3) is 0.750. The highest BCUT2D eigenvalue weighted by Gasteiger charge is 2.18. The first-order valence-corrected chi connectivity index (χ1v) is 7.98. The van der Waals surface area contributed by atoms with Crippen LogP contribution in [0.25, 0.3) is 0 Å². The van der Waals surface area contributed by atoms with E-state index in [1.807, 2.05) is 6.92 Å². The SMILES string of the molecule is C=CCS(=O)(=O)NS(=O)(=O)CCCCC. The normalized spacial score (nSPS) is 12.6. The molecule has 0 amide bonds. The van der Waals surface area contributed by atoms with Gasteiger partial charge < -0.3 is 0 Å². The summed E-state index contributed by atoms with van der Waals surface area (Å²) in [5, 5.41) is 0. The van der Waals surface area contributed by atoms with Crippen LogP contribution in [0.2, 0.25) is 0 Å². The van der Waals surface area contributed by atoms with Crippen LogP contribution in [0.5, 0.6) is 0 Å². The minimum Gasteiger partial charge on any atom is -0.211 e. The summed E-state index contributed by atoms with van der Waals surface area (Å²) in [5.41, 5.74) is 0. The Bertz CT molecular complexity index is 383. The second kappa shape index (κ2) is 6.24. The van der Waals surface area contributed by atoms with E-state index < -0.39 is 20.0 Å². The largest absolute Gasteiger partial charge is 0.228 e. The molecule has 0 bridgehead atoms. The molecular formula is C8H17NO4S2. The Labute approximate surface area is 91.7 Å². The molecular weight excluding hydrogens is 238 g/mol. The van der Waals surface area contributed by atoms with Gasteiger partial charge in [0, 0.05) is 0 Å². The zero-order valence-corrected chi connectivity index (χ0v) is 10.4. The van der Waals surface area contributed by atoms with E-state index in [9.17, 15) is 16.8 Å². The van der Waals surface area contributed by atoms with Crippen LogP contribution in [0.15, 0.2) is 12.7 Å². The van der Waals surface area contributed by atoms with Crippen LogP contribution in [0.4, 0.5) is 0 Å². The summed E-state index contributed by atoms with van der Waals surface area (Å²) in [6.45, 7) is 5.18. The summed E-state index contributed by atoms with van der Waals surface area (Å²) in [4.78, 5) is 0. The van der Waals surface area contributed by atoms with Crippen molar-refractivity contribution in [2.24, 2.45) is 0 Å². The van der Waals surface area contributed by atoms with Crippen molar-refractivity contribution in [1.82, 2.24) is 4.13 Å². The Morgan fingerprint density at radius 1 is 1.13 bits per heavy atom. The highest BCUT2D eigenvalue weighted by Crippen LogP contribution is 1.99. The number of hydrogen-bond acceptors (Lipinski definition) is 4. The third kappa shape index (κ3) is 7.52. The lowest BCUT2D eigenvalue weighted by Crippen LogP contribution is -2.33. The van der Waals surface area contributed by atoms with E-state index in [0.29, 0.717) is 6.42 Å². The van der Waals surface area contributed by atoms with E-state index in [1.54, 1.807) is 4.13 Å². The minimum atomic E-state index is -3.78. The topological polar surface area (TPSA) is 80.3 Å². The standard InChI is InChI=1S/C8H17NO4S2/c1-3-5-6-8-15(12,13)9-14(10,11)7-4-2/h4,9H,2-3,5-8H2,1H3. The van der Waals surface area contributed by atoms with Crippen LogP contribution in [-0.4, -0.2) is 28.3 Å². The second-order valence-corrected chi connectivity index (χ2v) is 7.05. The average molecular weight is 255 g/mol. The van der Waals surface area contributed by atoms with Gasteiger partial charge in [-0.25, -0.2) is 16.8 Å². The van der Waals surface area contributed by atoms with E-state index in [2.05, 4.69) is 6.58 Å². The van der Waals surface area contributed by atoms with Crippen molar-refractivity contribution in [3.8, 4) is 0 Å². The fourth-order valence-corrected chi connectivity index (χ4v) is 4.01. The summed E-state index contributed by atoms with van der Waals surface area (Å²) in [6.07, 6.45) is 3.26. The van der Waals surface area contributed by atoms with Gasteiger partial charge in [0.15, 0.2) is 0 Å². The van der Waals surface area contributed by atoms with Crippen molar-refractivity contribution < 1.29 is 16.8 Å². The molecule has 0 heterocycles. The van der Waals surface area contributed by atoms with E-state index in [0.717, 1.165) is 18.9 Å². The molecule has 90 valence electrons. The highest BCUT2D eigenvalue weighted by molar-refractivity contribution is 8.04. The van der Waals surface area contributed by atoms with E-state index in [1.165, 1.54) is 0 Å². The summed E-state index contributed by atoms with van der Waals surface area (Å²) >= 11 is 0. The third-order valence-electron chi connectivity index (χ3n) is 1.61. The molecule has 0 aliphatic carbocycles. The molecule has 0 radical (unpaired) electrons. The van der Waals surface area contributed by atoms with E-state index in [-0.39, 0.29) is 11.5 Å².